The van der Waals surface area contributed by atoms with Gasteiger partial charge in [-0.15, -0.1) is 0 Å². The fourth-order valence-electron chi connectivity index (χ4n) is 2.62. The van der Waals surface area contributed by atoms with Gasteiger partial charge in [0.2, 0.25) is 5.91 Å². The van der Waals surface area contributed by atoms with Crippen molar-refractivity contribution in [1.29, 1.82) is 0 Å². The van der Waals surface area contributed by atoms with Gasteiger partial charge in [-0.3, -0.25) is 9.59 Å². The summed E-state index contributed by atoms with van der Waals surface area (Å²) < 4.78 is 5.63. The monoisotopic (exact) mass is 388 g/mol. The summed E-state index contributed by atoms with van der Waals surface area (Å²) in [6.07, 6.45) is 0. The highest BCUT2D eigenvalue weighted by Crippen LogP contribution is 2.21. The second-order valence-corrected chi connectivity index (χ2v) is 6.68. The molecule has 0 aliphatic heterocycles. The van der Waals surface area contributed by atoms with Gasteiger partial charge in [0.05, 0.1) is 0 Å². The molecule has 1 atom stereocenters. The minimum Gasteiger partial charge on any atom is -0.484 e. The zero-order valence-corrected chi connectivity index (χ0v) is 16.6. The maximum Gasteiger partial charge on any atom is 0.261 e. The van der Waals surface area contributed by atoms with Crippen LogP contribution in [0.5, 0.6) is 5.75 Å². The van der Waals surface area contributed by atoms with E-state index in [1.165, 1.54) is 4.90 Å². The number of nitrogens with zero attached hydrogens (tertiary/aromatic N) is 1. The molecule has 1 N–H and O–H groups in total. The Morgan fingerprint density at radius 1 is 1.19 bits per heavy atom. The minimum absolute atomic E-state index is 0.155. The third-order valence-corrected chi connectivity index (χ3v) is 4.63. The van der Waals surface area contributed by atoms with Gasteiger partial charge in [-0.1, -0.05) is 41.9 Å². The summed E-state index contributed by atoms with van der Waals surface area (Å²) in [5.41, 5.74) is 1.82. The Labute approximate surface area is 165 Å². The first-order valence-electron chi connectivity index (χ1n) is 8.92. The Hall–Kier alpha value is -2.53. The number of likely N-dealkylation sites (N-methyl/N-ethyl adjacent to an activating group) is 1. The topological polar surface area (TPSA) is 58.6 Å². The van der Waals surface area contributed by atoms with Crippen LogP contribution in [0.4, 0.5) is 0 Å². The highest BCUT2D eigenvalue weighted by atomic mass is 35.5. The smallest absolute Gasteiger partial charge is 0.261 e. The normalized spacial score (nSPS) is 11.6. The molecule has 2 rings (SSSR count). The minimum atomic E-state index is -0.604. The summed E-state index contributed by atoms with van der Waals surface area (Å²) in [5, 5.41) is 3.41. The molecular weight excluding hydrogens is 364 g/mol. The first-order valence-corrected chi connectivity index (χ1v) is 9.30. The van der Waals surface area contributed by atoms with Crippen molar-refractivity contribution in [2.45, 2.75) is 33.4 Å². The van der Waals surface area contributed by atoms with E-state index >= 15 is 0 Å². The number of nitrogens with one attached hydrogen (secondary N) is 1. The van der Waals surface area contributed by atoms with Crippen LogP contribution in [0.3, 0.4) is 0 Å². The van der Waals surface area contributed by atoms with E-state index in [1.54, 1.807) is 25.1 Å². The Kier molecular flexibility index (Phi) is 7.67. The van der Waals surface area contributed by atoms with Gasteiger partial charge in [0.1, 0.15) is 11.8 Å². The van der Waals surface area contributed by atoms with Crippen molar-refractivity contribution in [2.75, 3.05) is 13.2 Å². The lowest BCUT2D eigenvalue weighted by molar-refractivity contribution is -0.142. The molecule has 0 radical (unpaired) electrons. The van der Waals surface area contributed by atoms with Crippen LogP contribution in [-0.4, -0.2) is 35.9 Å². The van der Waals surface area contributed by atoms with Crippen molar-refractivity contribution >= 4 is 23.4 Å². The zero-order chi connectivity index (χ0) is 19.8. The number of rotatable bonds is 8. The number of carbonyl (C=O) groups excluding carboxylic acids is 2. The van der Waals surface area contributed by atoms with E-state index in [1.807, 2.05) is 44.2 Å². The lowest BCUT2D eigenvalue weighted by atomic mass is 10.1. The average molecular weight is 389 g/mol. The lowest BCUT2D eigenvalue weighted by Crippen LogP contribution is -2.49. The Balaban J connectivity index is 2.11. The number of amides is 2. The van der Waals surface area contributed by atoms with Crippen LogP contribution >= 0.6 is 11.6 Å². The van der Waals surface area contributed by atoms with Gasteiger partial charge in [0.15, 0.2) is 6.61 Å². The van der Waals surface area contributed by atoms with Crippen molar-refractivity contribution in [3.63, 3.8) is 0 Å². The molecule has 2 amide bonds. The molecule has 0 unspecified atom stereocenters. The van der Waals surface area contributed by atoms with Crippen molar-refractivity contribution < 1.29 is 14.3 Å². The fraction of sp³-hybridized carbons (Fsp3) is 0.333. The van der Waals surface area contributed by atoms with Gasteiger partial charge < -0.3 is 15.0 Å². The largest absolute Gasteiger partial charge is 0.484 e. The van der Waals surface area contributed by atoms with Gasteiger partial charge in [0.25, 0.3) is 5.91 Å². The number of benzene rings is 2. The van der Waals surface area contributed by atoms with Gasteiger partial charge in [-0.2, -0.15) is 0 Å². The zero-order valence-electron chi connectivity index (χ0n) is 15.9. The Morgan fingerprint density at radius 2 is 1.89 bits per heavy atom. The molecule has 0 fully saturated rings. The van der Waals surface area contributed by atoms with E-state index in [2.05, 4.69) is 5.32 Å². The van der Waals surface area contributed by atoms with Crippen LogP contribution in [0, 0.1) is 6.92 Å². The van der Waals surface area contributed by atoms with E-state index < -0.39 is 6.04 Å². The lowest BCUT2D eigenvalue weighted by Gasteiger charge is -2.28. The quantitative estimate of drug-likeness (QED) is 0.751. The van der Waals surface area contributed by atoms with E-state index in [9.17, 15) is 9.59 Å². The van der Waals surface area contributed by atoms with Crippen LogP contribution in [0.25, 0.3) is 0 Å². The van der Waals surface area contributed by atoms with Crippen molar-refractivity contribution in [3.05, 3.63) is 64.7 Å². The molecule has 0 aromatic heterocycles. The molecule has 0 saturated heterocycles. The molecule has 2 aromatic rings. The van der Waals surface area contributed by atoms with E-state index in [0.29, 0.717) is 23.9 Å². The summed E-state index contributed by atoms with van der Waals surface area (Å²) in [7, 11) is 0. The fourth-order valence-corrected chi connectivity index (χ4v) is 2.74. The second-order valence-electron chi connectivity index (χ2n) is 6.28. The standard InChI is InChI=1S/C21H25ClN2O3/c1-4-23-21(26)16(3)24(13-17-8-6-5-7-9-17)20(25)14-27-18-10-11-19(22)15(2)12-18/h5-12,16H,4,13-14H2,1-3H3,(H,23,26)/t16-/m1/s1. The van der Waals surface area contributed by atoms with E-state index in [0.717, 1.165) is 11.1 Å². The van der Waals surface area contributed by atoms with Gasteiger partial charge in [-0.05, 0) is 50.1 Å². The first kappa shape index (κ1) is 20.8. The van der Waals surface area contributed by atoms with Gasteiger partial charge in [-0.25, -0.2) is 0 Å². The molecule has 6 heteroatoms. The molecule has 0 saturated carbocycles. The van der Waals surface area contributed by atoms with E-state index in [-0.39, 0.29) is 18.4 Å². The molecule has 5 nitrogen and oxygen atoms in total. The number of aryl methyl sites for hydroxylation is 1. The number of halogens is 1. The Bertz CT molecular complexity index is 780. The van der Waals surface area contributed by atoms with E-state index in [4.69, 9.17) is 16.3 Å². The molecule has 0 heterocycles. The second kappa shape index (κ2) is 9.97. The summed E-state index contributed by atoms with van der Waals surface area (Å²) >= 11 is 6.02. The number of hydrogen-bond acceptors (Lipinski definition) is 3. The summed E-state index contributed by atoms with van der Waals surface area (Å²) in [6, 6.07) is 14.2. The summed E-state index contributed by atoms with van der Waals surface area (Å²) in [6.45, 7) is 6.13. The SMILES string of the molecule is CCNC(=O)[C@@H](C)N(Cc1ccccc1)C(=O)COc1ccc(Cl)c(C)c1. The summed E-state index contributed by atoms with van der Waals surface area (Å²) in [5.74, 6) is 0.116. The van der Waals surface area contributed by atoms with Crippen molar-refractivity contribution in [2.24, 2.45) is 0 Å². The number of carbonyl (C=O) groups is 2. The van der Waals surface area contributed by atoms with Crippen LogP contribution in [0.1, 0.15) is 25.0 Å². The number of hydrogen-bond donors (Lipinski definition) is 1. The van der Waals surface area contributed by atoms with Gasteiger partial charge in [0, 0.05) is 18.1 Å². The first-order chi connectivity index (χ1) is 12.9. The molecule has 144 valence electrons. The molecule has 0 aliphatic carbocycles. The molecule has 27 heavy (non-hydrogen) atoms. The predicted octanol–water partition coefficient (Wildman–Crippen LogP) is 3.58. The molecule has 0 aliphatic rings. The average Bonchev–Trinajstić information content (AvgIpc) is 2.67. The number of ether oxygens (including phenoxy) is 1. The van der Waals surface area contributed by atoms with Crippen LogP contribution in [-0.2, 0) is 16.1 Å². The maximum absolute atomic E-state index is 12.8. The van der Waals surface area contributed by atoms with Crippen molar-refractivity contribution in [1.82, 2.24) is 10.2 Å². The predicted molar refractivity (Wildman–Crippen MR) is 107 cm³/mol. The summed E-state index contributed by atoms with van der Waals surface area (Å²) in [4.78, 5) is 26.6. The molecule has 0 spiro atoms. The highest BCUT2D eigenvalue weighted by Gasteiger charge is 2.26. The highest BCUT2D eigenvalue weighted by molar-refractivity contribution is 6.31. The van der Waals surface area contributed by atoms with Gasteiger partial charge >= 0.3 is 0 Å². The maximum atomic E-state index is 12.8. The molecule has 2 aromatic carbocycles. The van der Waals surface area contributed by atoms with Crippen molar-refractivity contribution in [3.8, 4) is 5.75 Å². The third-order valence-electron chi connectivity index (χ3n) is 4.21. The molecule has 0 bridgehead atoms. The van der Waals surface area contributed by atoms with Crippen LogP contribution in [0.15, 0.2) is 48.5 Å². The van der Waals surface area contributed by atoms with Crippen LogP contribution < -0.4 is 10.1 Å². The third kappa shape index (κ3) is 6.00. The molecular formula is C21H25ClN2O3. The van der Waals surface area contributed by atoms with Crippen LogP contribution in [0.2, 0.25) is 5.02 Å². The Morgan fingerprint density at radius 3 is 2.52 bits per heavy atom.